The zero-order valence-corrected chi connectivity index (χ0v) is 19.2. The van der Waals surface area contributed by atoms with Gasteiger partial charge in [-0.3, -0.25) is 9.78 Å². The Morgan fingerprint density at radius 1 is 0.844 bits per heavy atom. The van der Waals surface area contributed by atoms with Crippen molar-refractivity contribution < 1.29 is 21.6 Å². The molecule has 1 amide bonds. The Hall–Kier alpha value is -2.34. The number of carbonyl (C=O) groups excluding carboxylic acids is 1. The van der Waals surface area contributed by atoms with Crippen LogP contribution >= 0.6 is 0 Å². The van der Waals surface area contributed by atoms with E-state index in [9.17, 15) is 21.6 Å². The van der Waals surface area contributed by atoms with Gasteiger partial charge in [0.15, 0.2) is 0 Å². The number of amides is 1. The first-order chi connectivity index (χ1) is 15.3. The summed E-state index contributed by atoms with van der Waals surface area (Å²) < 4.78 is 54.2. The molecule has 2 aliphatic heterocycles. The molecule has 4 rings (SSSR count). The Labute approximate surface area is 188 Å². The van der Waals surface area contributed by atoms with Crippen molar-refractivity contribution in [3.63, 3.8) is 0 Å². The highest BCUT2D eigenvalue weighted by Gasteiger charge is 2.31. The lowest BCUT2D eigenvalue weighted by molar-refractivity contribution is 0.0923. The van der Waals surface area contributed by atoms with Gasteiger partial charge in [0, 0.05) is 44.6 Å². The predicted octanol–water partition coefficient (Wildman–Crippen LogP) is 1.45. The molecule has 0 spiro atoms. The Kier molecular flexibility index (Phi) is 6.61. The van der Waals surface area contributed by atoms with Crippen molar-refractivity contribution in [2.75, 3.05) is 26.2 Å². The molecule has 1 N–H and O–H groups in total. The molecule has 2 aromatic rings. The second-order valence-electron chi connectivity index (χ2n) is 7.98. The van der Waals surface area contributed by atoms with E-state index in [0.29, 0.717) is 31.5 Å². The smallest absolute Gasteiger partial charge is 0.253 e. The largest absolute Gasteiger partial charge is 0.349 e. The molecule has 3 heterocycles. The van der Waals surface area contributed by atoms with Crippen LogP contribution in [0.15, 0.2) is 58.6 Å². The fourth-order valence-corrected chi connectivity index (χ4v) is 7.00. The van der Waals surface area contributed by atoms with Crippen molar-refractivity contribution in [1.82, 2.24) is 18.9 Å². The number of benzene rings is 1. The zero-order valence-electron chi connectivity index (χ0n) is 17.6. The van der Waals surface area contributed by atoms with Gasteiger partial charge < -0.3 is 5.32 Å². The minimum absolute atomic E-state index is 0.0655. The maximum Gasteiger partial charge on any atom is 0.253 e. The number of carbonyl (C=O) groups is 1. The predicted molar refractivity (Wildman–Crippen MR) is 118 cm³/mol. The summed E-state index contributed by atoms with van der Waals surface area (Å²) in [4.78, 5) is 16.4. The number of piperidine rings is 1. The van der Waals surface area contributed by atoms with E-state index in [1.165, 1.54) is 39.1 Å². The number of aromatic nitrogens is 1. The average molecular weight is 479 g/mol. The first-order valence-corrected chi connectivity index (χ1v) is 13.5. The molecule has 0 bridgehead atoms. The van der Waals surface area contributed by atoms with Gasteiger partial charge in [-0.25, -0.2) is 16.8 Å². The van der Waals surface area contributed by atoms with Crippen LogP contribution in [0.3, 0.4) is 0 Å². The number of sulfonamides is 2. The number of nitrogens with one attached hydrogen (secondary N) is 1. The topological polar surface area (TPSA) is 117 Å². The van der Waals surface area contributed by atoms with Crippen LogP contribution in [0.25, 0.3) is 0 Å². The van der Waals surface area contributed by atoms with E-state index in [1.54, 1.807) is 18.3 Å². The van der Waals surface area contributed by atoms with Crippen molar-refractivity contribution in [2.24, 2.45) is 0 Å². The quantitative estimate of drug-likeness (QED) is 0.672. The lowest BCUT2D eigenvalue weighted by atomic mass is 10.1. The van der Waals surface area contributed by atoms with E-state index in [-0.39, 0.29) is 34.8 Å². The Morgan fingerprint density at radius 3 is 1.88 bits per heavy atom. The van der Waals surface area contributed by atoms with Gasteiger partial charge >= 0.3 is 0 Å². The Bertz CT molecular complexity index is 1150. The molecule has 0 unspecified atom stereocenters. The molecule has 172 valence electrons. The summed E-state index contributed by atoms with van der Waals surface area (Å²) in [6.07, 6.45) is 5.74. The van der Waals surface area contributed by atoms with Crippen molar-refractivity contribution in [3.8, 4) is 0 Å². The summed E-state index contributed by atoms with van der Waals surface area (Å²) in [5.41, 5.74) is 0.464. The van der Waals surface area contributed by atoms with E-state index in [4.69, 9.17) is 0 Å². The van der Waals surface area contributed by atoms with Crippen LogP contribution in [-0.4, -0.2) is 68.6 Å². The summed E-state index contributed by atoms with van der Waals surface area (Å²) in [6, 6.07) is 8.68. The highest BCUT2D eigenvalue weighted by molar-refractivity contribution is 7.89. The highest BCUT2D eigenvalue weighted by Crippen LogP contribution is 2.25. The standard InChI is InChI=1S/C21H26N4O5S2/c26-21(17-4-3-11-22-16-17)23-18-9-14-25(15-10-18)32(29,30)20-7-5-19(6-8-20)31(27,28)24-12-1-2-13-24/h3-8,11,16,18H,1-2,9-10,12-15H2,(H,23,26). The van der Waals surface area contributed by atoms with E-state index >= 15 is 0 Å². The maximum atomic E-state index is 13.0. The van der Waals surface area contributed by atoms with Crippen molar-refractivity contribution >= 4 is 26.0 Å². The first-order valence-electron chi connectivity index (χ1n) is 10.6. The van der Waals surface area contributed by atoms with Gasteiger partial charge in [-0.15, -0.1) is 0 Å². The van der Waals surface area contributed by atoms with Gasteiger partial charge in [-0.2, -0.15) is 8.61 Å². The van der Waals surface area contributed by atoms with Crippen LogP contribution in [0.4, 0.5) is 0 Å². The van der Waals surface area contributed by atoms with E-state index in [2.05, 4.69) is 10.3 Å². The van der Waals surface area contributed by atoms with Gasteiger partial charge in [0.2, 0.25) is 20.0 Å². The van der Waals surface area contributed by atoms with Crippen LogP contribution in [0.5, 0.6) is 0 Å². The molecule has 0 radical (unpaired) electrons. The molecule has 11 heteroatoms. The van der Waals surface area contributed by atoms with Gasteiger partial charge in [-0.05, 0) is 62.1 Å². The molecule has 0 aliphatic carbocycles. The van der Waals surface area contributed by atoms with Crippen LogP contribution in [0.1, 0.15) is 36.0 Å². The molecule has 1 aromatic heterocycles. The van der Waals surface area contributed by atoms with Crippen molar-refractivity contribution in [2.45, 2.75) is 41.5 Å². The molecule has 0 saturated carbocycles. The second-order valence-corrected chi connectivity index (χ2v) is 11.9. The number of hydrogen-bond acceptors (Lipinski definition) is 6. The lowest BCUT2D eigenvalue weighted by Gasteiger charge is -2.31. The first kappa shape index (κ1) is 22.8. The van der Waals surface area contributed by atoms with Crippen LogP contribution in [0, 0.1) is 0 Å². The minimum Gasteiger partial charge on any atom is -0.349 e. The third-order valence-electron chi connectivity index (χ3n) is 5.88. The molecule has 32 heavy (non-hydrogen) atoms. The molecule has 9 nitrogen and oxygen atoms in total. The zero-order chi connectivity index (χ0) is 22.8. The molecule has 0 atom stereocenters. The molecular formula is C21H26N4O5S2. The van der Waals surface area contributed by atoms with E-state index < -0.39 is 20.0 Å². The summed E-state index contributed by atoms with van der Waals surface area (Å²) >= 11 is 0. The van der Waals surface area contributed by atoms with E-state index in [1.807, 2.05) is 0 Å². The van der Waals surface area contributed by atoms with Crippen molar-refractivity contribution in [3.05, 3.63) is 54.4 Å². The summed E-state index contributed by atoms with van der Waals surface area (Å²) in [7, 11) is -7.33. The molecular weight excluding hydrogens is 452 g/mol. The SMILES string of the molecule is O=C(NC1CCN(S(=O)(=O)c2ccc(S(=O)(=O)N3CCCC3)cc2)CC1)c1cccnc1. The molecule has 2 saturated heterocycles. The highest BCUT2D eigenvalue weighted by atomic mass is 32.2. The average Bonchev–Trinajstić information content (AvgIpc) is 3.36. The maximum absolute atomic E-state index is 13.0. The minimum atomic E-state index is -3.75. The lowest BCUT2D eigenvalue weighted by Crippen LogP contribution is -2.46. The van der Waals surface area contributed by atoms with E-state index in [0.717, 1.165) is 12.8 Å². The fraction of sp³-hybridized carbons (Fsp3) is 0.429. The second kappa shape index (κ2) is 9.26. The van der Waals surface area contributed by atoms with Gasteiger partial charge in [0.25, 0.3) is 5.91 Å². The molecule has 2 fully saturated rings. The summed E-state index contributed by atoms with van der Waals surface area (Å²) in [5.74, 6) is -0.228. The fourth-order valence-electron chi connectivity index (χ4n) is 4.02. The van der Waals surface area contributed by atoms with Gasteiger partial charge in [0.05, 0.1) is 15.4 Å². The van der Waals surface area contributed by atoms with Gasteiger partial charge in [-0.1, -0.05) is 0 Å². The number of hydrogen-bond donors (Lipinski definition) is 1. The summed E-state index contributed by atoms with van der Waals surface area (Å²) in [5, 5.41) is 2.93. The normalized spacial score (nSPS) is 19.1. The Balaban J connectivity index is 1.38. The molecule has 2 aliphatic rings. The van der Waals surface area contributed by atoms with Crippen molar-refractivity contribution in [1.29, 1.82) is 0 Å². The number of nitrogens with zero attached hydrogens (tertiary/aromatic N) is 3. The van der Waals surface area contributed by atoms with Crippen LogP contribution in [-0.2, 0) is 20.0 Å². The third-order valence-corrected chi connectivity index (χ3v) is 9.70. The van der Waals surface area contributed by atoms with Gasteiger partial charge in [0.1, 0.15) is 0 Å². The van der Waals surface area contributed by atoms with Crippen LogP contribution < -0.4 is 5.32 Å². The monoisotopic (exact) mass is 478 g/mol. The molecule has 1 aromatic carbocycles. The number of rotatable bonds is 6. The number of pyridine rings is 1. The van der Waals surface area contributed by atoms with Crippen LogP contribution in [0.2, 0.25) is 0 Å². The summed E-state index contributed by atoms with van der Waals surface area (Å²) in [6.45, 7) is 1.53. The third kappa shape index (κ3) is 4.70. The Morgan fingerprint density at radius 2 is 1.38 bits per heavy atom.